The predicted molar refractivity (Wildman–Crippen MR) is 84.0 cm³/mol. The van der Waals surface area contributed by atoms with E-state index >= 15 is 0 Å². The molecule has 1 aliphatic heterocycles. The summed E-state index contributed by atoms with van der Waals surface area (Å²) in [5.41, 5.74) is 3.08. The van der Waals surface area contributed by atoms with Crippen molar-refractivity contribution >= 4 is 17.1 Å². The lowest BCUT2D eigenvalue weighted by Gasteiger charge is -2.17. The van der Waals surface area contributed by atoms with Crippen LogP contribution in [0, 0.1) is 0 Å². The number of aromatic nitrogens is 1. The van der Waals surface area contributed by atoms with E-state index in [4.69, 9.17) is 4.74 Å². The van der Waals surface area contributed by atoms with E-state index in [0.29, 0.717) is 6.54 Å². The Labute approximate surface area is 122 Å². The minimum Gasteiger partial charge on any atom is -0.483 e. The van der Waals surface area contributed by atoms with Gasteiger partial charge in [0.2, 0.25) is 0 Å². The molecule has 1 atom stereocenters. The summed E-state index contributed by atoms with van der Waals surface area (Å²) in [6.45, 7) is 0.606. The lowest BCUT2D eigenvalue weighted by atomic mass is 10.1. The van der Waals surface area contributed by atoms with Crippen molar-refractivity contribution in [1.82, 2.24) is 4.98 Å². The van der Waals surface area contributed by atoms with E-state index in [1.807, 2.05) is 54.9 Å². The topological polar surface area (TPSA) is 34.5 Å². The molecule has 21 heavy (non-hydrogen) atoms. The molecule has 0 aliphatic carbocycles. The third-order valence-electron chi connectivity index (χ3n) is 3.67. The van der Waals surface area contributed by atoms with Crippen molar-refractivity contribution in [2.75, 3.05) is 6.54 Å². The van der Waals surface area contributed by atoms with E-state index < -0.39 is 0 Å². The van der Waals surface area contributed by atoms with Crippen LogP contribution in [0.5, 0.6) is 5.75 Å². The van der Waals surface area contributed by atoms with Crippen LogP contribution in [0.3, 0.4) is 0 Å². The highest BCUT2D eigenvalue weighted by Gasteiger charge is 2.17. The molecule has 2 aromatic carbocycles. The second kappa shape index (κ2) is 5.02. The average Bonchev–Trinajstić information content (AvgIpc) is 2.76. The first-order valence-electron chi connectivity index (χ1n) is 7.00. The number of fused-ring (bicyclic) bond motifs is 2. The zero-order valence-electron chi connectivity index (χ0n) is 11.4. The van der Waals surface area contributed by atoms with Gasteiger partial charge in [0.05, 0.1) is 12.1 Å². The Balaban J connectivity index is 1.74. The van der Waals surface area contributed by atoms with Crippen LogP contribution in [0.4, 0.5) is 0 Å². The summed E-state index contributed by atoms with van der Waals surface area (Å²) in [7, 11) is 0. The molecule has 0 radical (unpaired) electrons. The SMILES string of the molecule is C1=NCC(c2cnc3ccccc3c2)Oc2ccccc21. The van der Waals surface area contributed by atoms with Crippen molar-refractivity contribution in [2.24, 2.45) is 4.99 Å². The van der Waals surface area contributed by atoms with E-state index in [1.165, 1.54) is 0 Å². The zero-order chi connectivity index (χ0) is 14.1. The molecule has 102 valence electrons. The largest absolute Gasteiger partial charge is 0.483 e. The Morgan fingerprint density at radius 3 is 2.86 bits per heavy atom. The molecule has 1 aromatic heterocycles. The highest BCUT2D eigenvalue weighted by Crippen LogP contribution is 2.28. The predicted octanol–water partition coefficient (Wildman–Crippen LogP) is 3.79. The molecule has 0 bridgehead atoms. The number of para-hydroxylation sites is 2. The maximum absolute atomic E-state index is 6.13. The van der Waals surface area contributed by atoms with Gasteiger partial charge in [-0.2, -0.15) is 0 Å². The molecule has 0 fully saturated rings. The number of hydrogen-bond donors (Lipinski definition) is 0. The molecular formula is C18H14N2O. The monoisotopic (exact) mass is 274 g/mol. The molecule has 0 spiro atoms. The Morgan fingerprint density at radius 2 is 1.86 bits per heavy atom. The fourth-order valence-electron chi connectivity index (χ4n) is 2.57. The van der Waals surface area contributed by atoms with Crippen LogP contribution in [0.15, 0.2) is 65.8 Å². The van der Waals surface area contributed by atoms with Crippen LogP contribution in [0.2, 0.25) is 0 Å². The smallest absolute Gasteiger partial charge is 0.145 e. The summed E-state index contributed by atoms with van der Waals surface area (Å²) in [4.78, 5) is 8.98. The lowest BCUT2D eigenvalue weighted by molar-refractivity contribution is 0.217. The third kappa shape index (κ3) is 2.27. The molecule has 1 aliphatic rings. The van der Waals surface area contributed by atoms with Crippen LogP contribution in [-0.4, -0.2) is 17.7 Å². The molecule has 3 heteroatoms. The van der Waals surface area contributed by atoms with E-state index in [2.05, 4.69) is 22.1 Å². The van der Waals surface area contributed by atoms with Gasteiger partial charge in [-0.3, -0.25) is 9.98 Å². The summed E-state index contributed by atoms with van der Waals surface area (Å²) < 4.78 is 6.13. The van der Waals surface area contributed by atoms with Gasteiger partial charge >= 0.3 is 0 Å². The second-order valence-corrected chi connectivity index (χ2v) is 5.10. The minimum atomic E-state index is -0.0954. The molecule has 0 saturated heterocycles. The van der Waals surface area contributed by atoms with Gasteiger partial charge in [0.25, 0.3) is 0 Å². The Hall–Kier alpha value is -2.68. The molecule has 0 amide bonds. The Kier molecular flexibility index (Phi) is 2.89. The van der Waals surface area contributed by atoms with Crippen molar-refractivity contribution in [3.8, 4) is 5.75 Å². The molecule has 3 nitrogen and oxygen atoms in total. The van der Waals surface area contributed by atoms with E-state index in [0.717, 1.165) is 27.8 Å². The Bertz CT molecular complexity index is 826. The van der Waals surface area contributed by atoms with Gasteiger partial charge < -0.3 is 4.74 Å². The fraction of sp³-hybridized carbons (Fsp3) is 0.111. The number of pyridine rings is 1. The summed E-state index contributed by atoms with van der Waals surface area (Å²) in [5.74, 6) is 0.872. The van der Waals surface area contributed by atoms with Crippen LogP contribution < -0.4 is 4.74 Å². The highest BCUT2D eigenvalue weighted by molar-refractivity contribution is 5.84. The van der Waals surface area contributed by atoms with Crippen molar-refractivity contribution < 1.29 is 4.74 Å². The number of ether oxygens (including phenoxy) is 1. The quantitative estimate of drug-likeness (QED) is 0.676. The molecule has 1 unspecified atom stereocenters. The van der Waals surface area contributed by atoms with Crippen molar-refractivity contribution in [3.63, 3.8) is 0 Å². The summed E-state index contributed by atoms with van der Waals surface area (Å²) in [6.07, 6.45) is 3.67. The van der Waals surface area contributed by atoms with Crippen LogP contribution >= 0.6 is 0 Å². The first kappa shape index (κ1) is 12.1. The van der Waals surface area contributed by atoms with Crippen molar-refractivity contribution in [3.05, 3.63) is 71.9 Å². The molecular weight excluding hydrogens is 260 g/mol. The number of benzene rings is 2. The normalized spacial score (nSPS) is 17.0. The molecule has 0 N–H and O–H groups in total. The molecule has 2 heterocycles. The van der Waals surface area contributed by atoms with Gasteiger partial charge in [-0.1, -0.05) is 30.3 Å². The number of rotatable bonds is 1. The Morgan fingerprint density at radius 1 is 1.00 bits per heavy atom. The van der Waals surface area contributed by atoms with Crippen LogP contribution in [-0.2, 0) is 0 Å². The first-order chi connectivity index (χ1) is 10.4. The first-order valence-corrected chi connectivity index (χ1v) is 7.00. The number of hydrogen-bond acceptors (Lipinski definition) is 3. The van der Waals surface area contributed by atoms with E-state index in [9.17, 15) is 0 Å². The second-order valence-electron chi connectivity index (χ2n) is 5.10. The number of aliphatic imine (C=N–C) groups is 1. The summed E-state index contributed by atoms with van der Waals surface area (Å²) in [6, 6.07) is 18.2. The maximum Gasteiger partial charge on any atom is 0.145 e. The zero-order valence-corrected chi connectivity index (χ0v) is 11.4. The maximum atomic E-state index is 6.13. The average molecular weight is 274 g/mol. The lowest BCUT2D eigenvalue weighted by Crippen LogP contribution is -2.10. The van der Waals surface area contributed by atoms with Gasteiger partial charge in [0.15, 0.2) is 0 Å². The van der Waals surface area contributed by atoms with Gasteiger partial charge in [-0.25, -0.2) is 0 Å². The van der Waals surface area contributed by atoms with Gasteiger partial charge in [0, 0.05) is 28.9 Å². The van der Waals surface area contributed by atoms with Crippen LogP contribution in [0.1, 0.15) is 17.2 Å². The van der Waals surface area contributed by atoms with E-state index in [-0.39, 0.29) is 6.10 Å². The molecule has 0 saturated carbocycles. The summed E-state index contributed by atoms with van der Waals surface area (Å²) in [5, 5.41) is 1.13. The molecule has 3 aromatic rings. The van der Waals surface area contributed by atoms with Gasteiger partial charge in [0.1, 0.15) is 11.9 Å². The summed E-state index contributed by atoms with van der Waals surface area (Å²) >= 11 is 0. The highest BCUT2D eigenvalue weighted by atomic mass is 16.5. The van der Waals surface area contributed by atoms with Crippen molar-refractivity contribution in [1.29, 1.82) is 0 Å². The van der Waals surface area contributed by atoms with Crippen molar-refractivity contribution in [2.45, 2.75) is 6.10 Å². The third-order valence-corrected chi connectivity index (χ3v) is 3.67. The van der Waals surface area contributed by atoms with E-state index in [1.54, 1.807) is 0 Å². The molecule has 4 rings (SSSR count). The minimum absolute atomic E-state index is 0.0954. The van der Waals surface area contributed by atoms with Gasteiger partial charge in [-0.05, 0) is 24.3 Å². The fourth-order valence-corrected chi connectivity index (χ4v) is 2.57. The standard InChI is InChI=1S/C18H14N2O/c1-3-7-16-13(5-1)9-15(11-20-16)18-12-19-10-14-6-2-4-8-17(14)21-18/h1-11,18H,12H2. The number of nitrogens with zero attached hydrogens (tertiary/aromatic N) is 2. The van der Waals surface area contributed by atoms with Crippen LogP contribution in [0.25, 0.3) is 10.9 Å². The van der Waals surface area contributed by atoms with Gasteiger partial charge in [-0.15, -0.1) is 0 Å².